The van der Waals surface area contributed by atoms with E-state index >= 15 is 0 Å². The van der Waals surface area contributed by atoms with Gasteiger partial charge in [0.1, 0.15) is 6.54 Å². The molecule has 0 unspecified atom stereocenters. The van der Waals surface area contributed by atoms with Gasteiger partial charge in [-0.15, -0.1) is 0 Å². The number of nitrogens with one attached hydrogen (secondary N) is 1. The molecule has 1 amide bonds. The summed E-state index contributed by atoms with van der Waals surface area (Å²) < 4.78 is 5.07. The molecule has 2 aromatic carbocycles. The van der Waals surface area contributed by atoms with Crippen molar-refractivity contribution in [2.75, 3.05) is 30.4 Å². The SMILES string of the molecule is CN(CC(=O)OCC(=O)Nc1ccccc1Sc1ccc(Cl)cc1)c1ncccn1. The Bertz CT molecular complexity index is 1000. The van der Waals surface area contributed by atoms with Crippen LogP contribution < -0.4 is 10.2 Å². The van der Waals surface area contributed by atoms with Crippen molar-refractivity contribution in [2.45, 2.75) is 9.79 Å². The summed E-state index contributed by atoms with van der Waals surface area (Å²) in [7, 11) is 1.67. The van der Waals surface area contributed by atoms with Gasteiger partial charge in [0.05, 0.1) is 5.69 Å². The second-order valence-corrected chi connectivity index (χ2v) is 7.72. The zero-order chi connectivity index (χ0) is 21.3. The van der Waals surface area contributed by atoms with Crippen molar-refractivity contribution in [3.05, 3.63) is 72.0 Å². The molecule has 3 aromatic rings. The van der Waals surface area contributed by atoms with E-state index in [1.165, 1.54) is 16.7 Å². The summed E-state index contributed by atoms with van der Waals surface area (Å²) in [4.78, 5) is 35.8. The van der Waals surface area contributed by atoms with E-state index in [1.54, 1.807) is 31.6 Å². The van der Waals surface area contributed by atoms with Crippen LogP contribution in [0.15, 0.2) is 76.8 Å². The van der Waals surface area contributed by atoms with Crippen molar-refractivity contribution in [1.29, 1.82) is 0 Å². The lowest BCUT2D eigenvalue weighted by Gasteiger charge is -2.15. The predicted octanol–water partition coefficient (Wildman–Crippen LogP) is 3.90. The maximum atomic E-state index is 12.3. The van der Waals surface area contributed by atoms with E-state index in [9.17, 15) is 9.59 Å². The van der Waals surface area contributed by atoms with Crippen LogP contribution in [0.4, 0.5) is 11.6 Å². The number of rotatable bonds is 8. The molecule has 3 rings (SSSR count). The Kier molecular flexibility index (Phi) is 7.64. The topological polar surface area (TPSA) is 84.4 Å². The zero-order valence-electron chi connectivity index (χ0n) is 16.1. The Labute approximate surface area is 183 Å². The Hall–Kier alpha value is -3.10. The van der Waals surface area contributed by atoms with Crippen LogP contribution >= 0.6 is 23.4 Å². The lowest BCUT2D eigenvalue weighted by molar-refractivity contribution is -0.145. The fourth-order valence-electron chi connectivity index (χ4n) is 2.42. The largest absolute Gasteiger partial charge is 0.454 e. The van der Waals surface area contributed by atoms with E-state index in [0.717, 1.165) is 9.79 Å². The first-order valence-electron chi connectivity index (χ1n) is 8.97. The highest BCUT2D eigenvalue weighted by molar-refractivity contribution is 7.99. The number of aromatic nitrogens is 2. The minimum atomic E-state index is -0.552. The maximum absolute atomic E-state index is 12.3. The average molecular weight is 443 g/mol. The summed E-state index contributed by atoms with van der Waals surface area (Å²) in [5.74, 6) is -0.581. The van der Waals surface area contributed by atoms with Gasteiger partial charge in [-0.3, -0.25) is 9.59 Å². The molecule has 154 valence electrons. The van der Waals surface area contributed by atoms with Crippen LogP contribution in [0.1, 0.15) is 0 Å². The van der Waals surface area contributed by atoms with Crippen molar-refractivity contribution < 1.29 is 14.3 Å². The van der Waals surface area contributed by atoms with E-state index in [-0.39, 0.29) is 13.2 Å². The Morgan fingerprint density at radius 3 is 2.50 bits per heavy atom. The first-order chi connectivity index (χ1) is 14.5. The summed E-state index contributed by atoms with van der Waals surface area (Å²) in [6.45, 7) is -0.456. The molecule has 0 radical (unpaired) electrons. The molecule has 7 nitrogen and oxygen atoms in total. The minimum Gasteiger partial charge on any atom is -0.454 e. The molecule has 0 bridgehead atoms. The smallest absolute Gasteiger partial charge is 0.326 e. The number of hydrogen-bond acceptors (Lipinski definition) is 7. The molecule has 0 atom stereocenters. The van der Waals surface area contributed by atoms with E-state index in [1.807, 2.05) is 42.5 Å². The number of benzene rings is 2. The lowest BCUT2D eigenvalue weighted by Crippen LogP contribution is -2.30. The number of halogens is 1. The van der Waals surface area contributed by atoms with E-state index < -0.39 is 11.9 Å². The first kappa shape index (κ1) is 21.6. The van der Waals surface area contributed by atoms with Crippen molar-refractivity contribution in [3.8, 4) is 0 Å². The molecule has 1 N–H and O–H groups in total. The van der Waals surface area contributed by atoms with Crippen LogP contribution in [0, 0.1) is 0 Å². The third kappa shape index (κ3) is 6.47. The normalized spacial score (nSPS) is 10.3. The van der Waals surface area contributed by atoms with E-state index in [0.29, 0.717) is 16.7 Å². The average Bonchev–Trinajstić information content (AvgIpc) is 2.76. The monoisotopic (exact) mass is 442 g/mol. The van der Waals surface area contributed by atoms with Gasteiger partial charge in [-0.2, -0.15) is 0 Å². The number of likely N-dealkylation sites (N-methyl/N-ethyl adjacent to an activating group) is 1. The molecule has 0 aliphatic heterocycles. The summed E-state index contributed by atoms with van der Waals surface area (Å²) >= 11 is 7.42. The molecular weight excluding hydrogens is 424 g/mol. The van der Waals surface area contributed by atoms with Gasteiger partial charge in [-0.1, -0.05) is 35.5 Å². The quantitative estimate of drug-likeness (QED) is 0.529. The molecular formula is C21H19ClN4O3S. The number of ether oxygens (including phenoxy) is 1. The van der Waals surface area contributed by atoms with Gasteiger partial charge in [0.25, 0.3) is 5.91 Å². The molecule has 0 saturated carbocycles. The van der Waals surface area contributed by atoms with Crippen LogP contribution in [-0.4, -0.2) is 42.0 Å². The summed E-state index contributed by atoms with van der Waals surface area (Å²) in [6, 6.07) is 16.5. The molecule has 0 aliphatic carbocycles. The number of esters is 1. The highest BCUT2D eigenvalue weighted by atomic mass is 35.5. The fraction of sp³-hybridized carbons (Fsp3) is 0.143. The van der Waals surface area contributed by atoms with Crippen LogP contribution in [0.2, 0.25) is 5.02 Å². The van der Waals surface area contributed by atoms with Gasteiger partial charge < -0.3 is 15.0 Å². The number of nitrogens with zero attached hydrogens (tertiary/aromatic N) is 3. The molecule has 0 spiro atoms. The molecule has 0 aliphatic rings. The predicted molar refractivity (Wildman–Crippen MR) is 117 cm³/mol. The van der Waals surface area contributed by atoms with E-state index in [4.69, 9.17) is 16.3 Å². The van der Waals surface area contributed by atoms with Gasteiger partial charge in [0.15, 0.2) is 6.61 Å². The number of hydrogen-bond donors (Lipinski definition) is 1. The zero-order valence-corrected chi connectivity index (χ0v) is 17.7. The number of anilines is 2. The van der Waals surface area contributed by atoms with Crippen molar-refractivity contribution in [1.82, 2.24) is 9.97 Å². The van der Waals surface area contributed by atoms with Crippen LogP contribution in [0.25, 0.3) is 0 Å². The number of para-hydroxylation sites is 1. The van der Waals surface area contributed by atoms with Gasteiger partial charge >= 0.3 is 5.97 Å². The molecule has 30 heavy (non-hydrogen) atoms. The number of amides is 1. The molecule has 0 saturated heterocycles. The van der Waals surface area contributed by atoms with Crippen molar-refractivity contribution in [2.24, 2.45) is 0 Å². The van der Waals surface area contributed by atoms with Gasteiger partial charge in [0, 0.05) is 34.3 Å². The molecule has 9 heteroatoms. The first-order valence-corrected chi connectivity index (χ1v) is 10.2. The Morgan fingerprint density at radius 1 is 1.07 bits per heavy atom. The summed E-state index contributed by atoms with van der Waals surface area (Å²) in [6.07, 6.45) is 3.16. The van der Waals surface area contributed by atoms with Gasteiger partial charge in [-0.05, 0) is 42.5 Å². The third-order valence-electron chi connectivity index (χ3n) is 3.83. The maximum Gasteiger partial charge on any atom is 0.326 e. The van der Waals surface area contributed by atoms with E-state index in [2.05, 4.69) is 15.3 Å². The molecule has 1 heterocycles. The second-order valence-electron chi connectivity index (χ2n) is 6.17. The van der Waals surface area contributed by atoms with Crippen molar-refractivity contribution in [3.63, 3.8) is 0 Å². The molecule has 0 fully saturated rings. The second kappa shape index (κ2) is 10.6. The highest BCUT2D eigenvalue weighted by Crippen LogP contribution is 2.33. The van der Waals surface area contributed by atoms with Crippen LogP contribution in [0.5, 0.6) is 0 Å². The highest BCUT2D eigenvalue weighted by Gasteiger charge is 2.14. The van der Waals surface area contributed by atoms with Crippen LogP contribution in [0.3, 0.4) is 0 Å². The van der Waals surface area contributed by atoms with Crippen LogP contribution in [-0.2, 0) is 14.3 Å². The Morgan fingerprint density at radius 2 is 1.77 bits per heavy atom. The fourth-order valence-corrected chi connectivity index (χ4v) is 3.45. The molecule has 1 aromatic heterocycles. The third-order valence-corrected chi connectivity index (χ3v) is 5.16. The summed E-state index contributed by atoms with van der Waals surface area (Å²) in [5, 5.41) is 3.44. The Balaban J connectivity index is 1.52. The lowest BCUT2D eigenvalue weighted by atomic mass is 10.3. The number of carbonyl (C=O) groups excluding carboxylic acids is 2. The van der Waals surface area contributed by atoms with Crippen molar-refractivity contribution >= 4 is 46.9 Å². The summed E-state index contributed by atoms with van der Waals surface area (Å²) in [5.41, 5.74) is 0.633. The standard InChI is InChI=1S/C21H19ClN4O3S/c1-26(21-23-11-4-12-24-21)13-20(28)29-14-19(27)25-17-5-2-3-6-18(17)30-16-9-7-15(22)8-10-16/h2-12H,13-14H2,1H3,(H,25,27). The number of carbonyl (C=O) groups is 2. The van der Waals surface area contributed by atoms with Gasteiger partial charge in [-0.25, -0.2) is 9.97 Å². The van der Waals surface area contributed by atoms with Gasteiger partial charge in [0.2, 0.25) is 5.95 Å². The minimum absolute atomic E-state index is 0.0691.